The fourth-order valence-electron chi connectivity index (χ4n) is 3.18. The molecule has 2 aliphatic rings. The van der Waals surface area contributed by atoms with Crippen molar-refractivity contribution in [3.05, 3.63) is 35.9 Å². The summed E-state index contributed by atoms with van der Waals surface area (Å²) in [4.78, 5) is 26.4. The van der Waals surface area contributed by atoms with Crippen LogP contribution in [0.1, 0.15) is 38.2 Å². The van der Waals surface area contributed by atoms with E-state index in [-0.39, 0.29) is 29.8 Å². The number of amides is 2. The third-order valence-electron chi connectivity index (χ3n) is 4.50. The molecule has 3 atom stereocenters. The molecule has 4 nitrogen and oxygen atoms in total. The molecule has 3 unspecified atom stereocenters. The molecule has 0 aromatic heterocycles. The van der Waals surface area contributed by atoms with E-state index < -0.39 is 0 Å². The Kier molecular flexibility index (Phi) is 3.70. The van der Waals surface area contributed by atoms with Crippen LogP contribution in [0.4, 0.5) is 0 Å². The molecule has 1 aromatic carbocycles. The first-order valence-corrected chi connectivity index (χ1v) is 7.72. The molecule has 1 saturated carbocycles. The van der Waals surface area contributed by atoms with Gasteiger partial charge in [-0.05, 0) is 17.9 Å². The van der Waals surface area contributed by atoms with Gasteiger partial charge in [-0.25, -0.2) is 0 Å². The summed E-state index contributed by atoms with van der Waals surface area (Å²) < 4.78 is 0. The van der Waals surface area contributed by atoms with Crippen LogP contribution in [-0.2, 0) is 9.59 Å². The van der Waals surface area contributed by atoms with Crippen LogP contribution < -0.4 is 5.32 Å². The van der Waals surface area contributed by atoms with E-state index >= 15 is 0 Å². The van der Waals surface area contributed by atoms with Gasteiger partial charge < -0.3 is 10.2 Å². The number of benzene rings is 1. The van der Waals surface area contributed by atoms with Gasteiger partial charge in [0.25, 0.3) is 0 Å². The molecule has 1 aromatic rings. The zero-order valence-corrected chi connectivity index (χ0v) is 12.6. The van der Waals surface area contributed by atoms with Gasteiger partial charge in [-0.1, -0.05) is 44.2 Å². The van der Waals surface area contributed by atoms with Gasteiger partial charge in [0.15, 0.2) is 0 Å². The Morgan fingerprint density at radius 3 is 2.57 bits per heavy atom. The molecule has 21 heavy (non-hydrogen) atoms. The van der Waals surface area contributed by atoms with Crippen LogP contribution in [0, 0.1) is 5.92 Å². The molecule has 4 heteroatoms. The Bertz CT molecular complexity index is 541. The third kappa shape index (κ3) is 2.80. The first-order chi connectivity index (χ1) is 10.1. The summed E-state index contributed by atoms with van der Waals surface area (Å²) in [5.41, 5.74) is 1.29. The Morgan fingerprint density at radius 2 is 1.90 bits per heavy atom. The molecule has 0 spiro atoms. The molecule has 1 N–H and O–H groups in total. The predicted octanol–water partition coefficient (Wildman–Crippen LogP) is 1.92. The van der Waals surface area contributed by atoms with Crippen molar-refractivity contribution in [1.82, 2.24) is 10.2 Å². The summed E-state index contributed by atoms with van der Waals surface area (Å²) in [5.74, 6) is 0.618. The molecular weight excluding hydrogens is 264 g/mol. The summed E-state index contributed by atoms with van der Waals surface area (Å²) in [6.07, 6.45) is 1.42. The van der Waals surface area contributed by atoms with Crippen LogP contribution in [0.25, 0.3) is 0 Å². The van der Waals surface area contributed by atoms with Gasteiger partial charge in [-0.2, -0.15) is 0 Å². The topological polar surface area (TPSA) is 49.4 Å². The van der Waals surface area contributed by atoms with E-state index in [9.17, 15) is 9.59 Å². The predicted molar refractivity (Wildman–Crippen MR) is 80.7 cm³/mol. The second kappa shape index (κ2) is 5.51. The second-order valence-corrected chi connectivity index (χ2v) is 6.39. The van der Waals surface area contributed by atoms with E-state index in [1.165, 1.54) is 5.56 Å². The SMILES string of the molecule is CC(C)C1NC(=O)CCN(C2CC2c2ccccc2)C1=O. The third-order valence-corrected chi connectivity index (χ3v) is 4.50. The Balaban J connectivity index is 1.76. The highest BCUT2D eigenvalue weighted by atomic mass is 16.2. The molecule has 1 heterocycles. The quantitative estimate of drug-likeness (QED) is 0.923. The van der Waals surface area contributed by atoms with Crippen molar-refractivity contribution in [2.75, 3.05) is 6.54 Å². The maximum absolute atomic E-state index is 12.7. The smallest absolute Gasteiger partial charge is 0.245 e. The van der Waals surface area contributed by atoms with Crippen molar-refractivity contribution in [3.8, 4) is 0 Å². The lowest BCUT2D eigenvalue weighted by Crippen LogP contribution is -2.48. The Morgan fingerprint density at radius 1 is 1.19 bits per heavy atom. The molecule has 1 aliphatic heterocycles. The van der Waals surface area contributed by atoms with Crippen molar-refractivity contribution < 1.29 is 9.59 Å². The van der Waals surface area contributed by atoms with E-state index in [4.69, 9.17) is 0 Å². The molecule has 112 valence electrons. The second-order valence-electron chi connectivity index (χ2n) is 6.39. The zero-order valence-electron chi connectivity index (χ0n) is 12.6. The number of nitrogens with zero attached hydrogens (tertiary/aromatic N) is 1. The molecule has 2 fully saturated rings. The molecule has 1 aliphatic carbocycles. The van der Waals surface area contributed by atoms with E-state index in [1.807, 2.05) is 36.9 Å². The van der Waals surface area contributed by atoms with Gasteiger partial charge in [0.1, 0.15) is 6.04 Å². The molecule has 0 bridgehead atoms. The fraction of sp³-hybridized carbons (Fsp3) is 0.529. The van der Waals surface area contributed by atoms with Crippen LogP contribution in [0.2, 0.25) is 0 Å². The van der Waals surface area contributed by atoms with Crippen molar-refractivity contribution in [1.29, 1.82) is 0 Å². The summed E-state index contributed by atoms with van der Waals surface area (Å²) in [6, 6.07) is 10.2. The van der Waals surface area contributed by atoms with Crippen LogP contribution >= 0.6 is 0 Å². The lowest BCUT2D eigenvalue weighted by Gasteiger charge is -2.26. The summed E-state index contributed by atoms with van der Waals surface area (Å²) in [7, 11) is 0. The van der Waals surface area contributed by atoms with E-state index in [2.05, 4.69) is 17.4 Å². The Hall–Kier alpha value is -1.84. The molecular formula is C17H22N2O2. The highest BCUT2D eigenvalue weighted by Crippen LogP contribution is 2.45. The fourth-order valence-corrected chi connectivity index (χ4v) is 3.18. The number of hydrogen-bond donors (Lipinski definition) is 1. The molecule has 3 rings (SSSR count). The number of nitrogens with one attached hydrogen (secondary N) is 1. The molecule has 0 radical (unpaired) electrons. The van der Waals surface area contributed by atoms with Gasteiger partial charge in [0.05, 0.1) is 0 Å². The van der Waals surface area contributed by atoms with E-state index in [0.29, 0.717) is 18.9 Å². The number of hydrogen-bond acceptors (Lipinski definition) is 2. The normalized spacial score (nSPS) is 29.3. The average molecular weight is 286 g/mol. The highest BCUT2D eigenvalue weighted by molar-refractivity contribution is 5.90. The van der Waals surface area contributed by atoms with Gasteiger partial charge in [-0.15, -0.1) is 0 Å². The summed E-state index contributed by atoms with van der Waals surface area (Å²) in [5, 5.41) is 2.87. The minimum Gasteiger partial charge on any atom is -0.344 e. The highest BCUT2D eigenvalue weighted by Gasteiger charge is 2.47. The monoisotopic (exact) mass is 286 g/mol. The van der Waals surface area contributed by atoms with Gasteiger partial charge >= 0.3 is 0 Å². The minimum atomic E-state index is -0.378. The zero-order chi connectivity index (χ0) is 15.0. The summed E-state index contributed by atoms with van der Waals surface area (Å²) >= 11 is 0. The first-order valence-electron chi connectivity index (χ1n) is 7.72. The van der Waals surface area contributed by atoms with Gasteiger partial charge in [-0.3, -0.25) is 9.59 Å². The van der Waals surface area contributed by atoms with Crippen molar-refractivity contribution in [2.45, 2.75) is 44.7 Å². The maximum Gasteiger partial charge on any atom is 0.245 e. The number of carbonyl (C=O) groups excluding carboxylic acids is 2. The maximum atomic E-state index is 12.7. The van der Waals surface area contributed by atoms with Crippen LogP contribution in [0.3, 0.4) is 0 Å². The average Bonchev–Trinajstić information content (AvgIpc) is 3.26. The van der Waals surface area contributed by atoms with E-state index in [0.717, 1.165) is 6.42 Å². The lowest BCUT2D eigenvalue weighted by atomic mass is 10.0. The number of rotatable bonds is 3. The minimum absolute atomic E-state index is 0.0125. The van der Waals surface area contributed by atoms with Crippen molar-refractivity contribution in [2.24, 2.45) is 5.92 Å². The van der Waals surface area contributed by atoms with Crippen molar-refractivity contribution >= 4 is 11.8 Å². The first kappa shape index (κ1) is 14.1. The van der Waals surface area contributed by atoms with Crippen LogP contribution in [0.15, 0.2) is 30.3 Å². The largest absolute Gasteiger partial charge is 0.344 e. The Labute approximate surface area is 125 Å². The summed E-state index contributed by atoms with van der Waals surface area (Å²) in [6.45, 7) is 4.50. The number of carbonyl (C=O) groups is 2. The van der Waals surface area contributed by atoms with Gasteiger partial charge in [0.2, 0.25) is 11.8 Å². The molecule has 2 amide bonds. The lowest BCUT2D eigenvalue weighted by molar-refractivity contribution is -0.135. The van der Waals surface area contributed by atoms with Crippen LogP contribution in [0.5, 0.6) is 0 Å². The molecule has 1 saturated heterocycles. The van der Waals surface area contributed by atoms with Gasteiger partial charge in [0, 0.05) is 24.9 Å². The standard InChI is InChI=1S/C17H22N2O2/c1-11(2)16-17(21)19(9-8-15(20)18-16)14-10-13(14)12-6-4-3-5-7-12/h3-7,11,13-14,16H,8-10H2,1-2H3,(H,18,20). The van der Waals surface area contributed by atoms with Crippen molar-refractivity contribution in [3.63, 3.8) is 0 Å². The van der Waals surface area contributed by atoms with Crippen LogP contribution in [-0.4, -0.2) is 35.3 Å². The van der Waals surface area contributed by atoms with E-state index in [1.54, 1.807) is 0 Å².